The van der Waals surface area contributed by atoms with Crippen LogP contribution in [0.1, 0.15) is 52.9 Å². The van der Waals surface area contributed by atoms with Crippen molar-refractivity contribution in [3.8, 4) is 0 Å². The highest BCUT2D eigenvalue weighted by Gasteiger charge is 2.29. The quantitative estimate of drug-likeness (QED) is 0.720. The van der Waals surface area contributed by atoms with Crippen LogP contribution in [-0.2, 0) is 9.53 Å². The molecule has 0 aromatic carbocycles. The molecule has 0 bridgehead atoms. The Morgan fingerprint density at radius 1 is 1.37 bits per heavy atom. The molecular weight excluding hydrogens is 240 g/mol. The van der Waals surface area contributed by atoms with Crippen molar-refractivity contribution in [2.24, 2.45) is 11.7 Å². The van der Waals surface area contributed by atoms with E-state index >= 15 is 0 Å². The molecule has 1 unspecified atom stereocenters. The van der Waals surface area contributed by atoms with Gasteiger partial charge in [-0.15, -0.1) is 0 Å². The fraction of sp³-hybridized carbons (Fsp3) is 0.933. The maximum Gasteiger partial charge on any atom is 0.325 e. The van der Waals surface area contributed by atoms with Crippen LogP contribution in [0.25, 0.3) is 0 Å². The molecule has 1 rings (SSSR count). The second kappa shape index (κ2) is 7.85. The summed E-state index contributed by atoms with van der Waals surface area (Å²) in [7, 11) is 0. The molecule has 0 aromatic rings. The second-order valence-electron chi connectivity index (χ2n) is 5.93. The molecule has 1 aliphatic heterocycles. The van der Waals surface area contributed by atoms with Gasteiger partial charge in [-0.2, -0.15) is 0 Å². The summed E-state index contributed by atoms with van der Waals surface area (Å²) in [5.41, 5.74) is 5.18. The lowest BCUT2D eigenvalue weighted by Gasteiger charge is -2.32. The van der Waals surface area contributed by atoms with Gasteiger partial charge in [-0.05, 0) is 65.1 Å². The molecule has 112 valence electrons. The number of hydrogen-bond donors (Lipinski definition) is 1. The van der Waals surface area contributed by atoms with Crippen LogP contribution >= 0.6 is 0 Å². The van der Waals surface area contributed by atoms with Crippen molar-refractivity contribution >= 4 is 5.97 Å². The number of carbonyl (C=O) groups excluding carboxylic acids is 1. The number of nitrogens with zero attached hydrogens (tertiary/aromatic N) is 1. The molecule has 1 aliphatic rings. The molecule has 1 fully saturated rings. The van der Waals surface area contributed by atoms with E-state index in [1.54, 1.807) is 6.92 Å². The zero-order valence-corrected chi connectivity index (χ0v) is 12.8. The molecule has 0 amide bonds. The van der Waals surface area contributed by atoms with Gasteiger partial charge in [0, 0.05) is 0 Å². The van der Waals surface area contributed by atoms with Crippen LogP contribution in [0.3, 0.4) is 0 Å². The summed E-state index contributed by atoms with van der Waals surface area (Å²) in [4.78, 5) is 14.2. The summed E-state index contributed by atoms with van der Waals surface area (Å²) >= 11 is 0. The highest BCUT2D eigenvalue weighted by molar-refractivity contribution is 5.79. The maximum absolute atomic E-state index is 11.7. The molecule has 4 heteroatoms. The number of carbonyl (C=O) groups is 1. The second-order valence-corrected chi connectivity index (χ2v) is 5.93. The van der Waals surface area contributed by atoms with Crippen LogP contribution < -0.4 is 5.73 Å². The fourth-order valence-electron chi connectivity index (χ4n) is 2.69. The van der Waals surface area contributed by atoms with Gasteiger partial charge in [0.25, 0.3) is 0 Å². The highest BCUT2D eigenvalue weighted by atomic mass is 16.5. The van der Waals surface area contributed by atoms with Crippen molar-refractivity contribution in [2.75, 3.05) is 26.2 Å². The minimum atomic E-state index is -0.836. The monoisotopic (exact) mass is 270 g/mol. The lowest BCUT2D eigenvalue weighted by molar-refractivity contribution is -0.149. The van der Waals surface area contributed by atoms with Gasteiger partial charge >= 0.3 is 5.97 Å². The summed E-state index contributed by atoms with van der Waals surface area (Å²) in [5, 5.41) is 0. The molecule has 0 aromatic heterocycles. The van der Waals surface area contributed by atoms with Gasteiger partial charge < -0.3 is 15.4 Å². The maximum atomic E-state index is 11.7. The van der Waals surface area contributed by atoms with E-state index in [2.05, 4.69) is 11.8 Å². The first-order valence-corrected chi connectivity index (χ1v) is 7.68. The SMILES string of the molecule is CCOC(=O)C(C)(N)CCCN1CCC(CC)CC1. The molecule has 0 aliphatic carbocycles. The van der Waals surface area contributed by atoms with Gasteiger partial charge in [-0.3, -0.25) is 4.79 Å². The van der Waals surface area contributed by atoms with E-state index in [4.69, 9.17) is 10.5 Å². The summed E-state index contributed by atoms with van der Waals surface area (Å²) in [5.74, 6) is 0.634. The smallest absolute Gasteiger partial charge is 0.325 e. The minimum Gasteiger partial charge on any atom is -0.465 e. The van der Waals surface area contributed by atoms with E-state index in [0.717, 1.165) is 18.9 Å². The van der Waals surface area contributed by atoms with Crippen LogP contribution in [0.15, 0.2) is 0 Å². The minimum absolute atomic E-state index is 0.278. The first-order chi connectivity index (χ1) is 8.99. The Morgan fingerprint density at radius 3 is 2.53 bits per heavy atom. The Hall–Kier alpha value is -0.610. The lowest BCUT2D eigenvalue weighted by atomic mass is 9.93. The zero-order valence-electron chi connectivity index (χ0n) is 12.8. The fourth-order valence-corrected chi connectivity index (χ4v) is 2.69. The number of piperidine rings is 1. The van der Waals surface area contributed by atoms with Gasteiger partial charge in [0.2, 0.25) is 0 Å². The number of hydrogen-bond acceptors (Lipinski definition) is 4. The van der Waals surface area contributed by atoms with Crippen LogP contribution in [0, 0.1) is 5.92 Å². The molecular formula is C15H30N2O2. The molecule has 2 N–H and O–H groups in total. The lowest BCUT2D eigenvalue weighted by Crippen LogP contribution is -2.46. The number of esters is 1. The van der Waals surface area contributed by atoms with Gasteiger partial charge in [-0.1, -0.05) is 13.3 Å². The van der Waals surface area contributed by atoms with Crippen molar-refractivity contribution in [2.45, 2.75) is 58.4 Å². The Labute approximate surface area is 117 Å². The van der Waals surface area contributed by atoms with Crippen molar-refractivity contribution < 1.29 is 9.53 Å². The largest absolute Gasteiger partial charge is 0.465 e. The Balaban J connectivity index is 2.21. The van der Waals surface area contributed by atoms with Crippen molar-refractivity contribution in [3.05, 3.63) is 0 Å². The molecule has 0 radical (unpaired) electrons. The molecule has 19 heavy (non-hydrogen) atoms. The van der Waals surface area contributed by atoms with Crippen molar-refractivity contribution in [1.29, 1.82) is 0 Å². The standard InChI is InChI=1S/C15H30N2O2/c1-4-13-7-11-17(12-8-13)10-6-9-15(3,16)14(18)19-5-2/h13H,4-12,16H2,1-3H3. The molecule has 1 heterocycles. The van der Waals surface area contributed by atoms with Crippen LogP contribution in [-0.4, -0.2) is 42.6 Å². The van der Waals surface area contributed by atoms with Crippen LogP contribution in [0.5, 0.6) is 0 Å². The summed E-state index contributed by atoms with van der Waals surface area (Å²) in [6.07, 6.45) is 5.59. The molecule has 4 nitrogen and oxygen atoms in total. The van der Waals surface area contributed by atoms with Crippen molar-refractivity contribution in [3.63, 3.8) is 0 Å². The highest BCUT2D eigenvalue weighted by Crippen LogP contribution is 2.20. The number of nitrogens with two attached hydrogens (primary N) is 1. The first-order valence-electron chi connectivity index (χ1n) is 7.68. The Morgan fingerprint density at radius 2 is 2.00 bits per heavy atom. The summed E-state index contributed by atoms with van der Waals surface area (Å²) < 4.78 is 5.00. The average molecular weight is 270 g/mol. The van der Waals surface area contributed by atoms with E-state index < -0.39 is 5.54 Å². The molecule has 0 saturated carbocycles. The van der Waals surface area contributed by atoms with Crippen LogP contribution in [0.2, 0.25) is 0 Å². The van der Waals surface area contributed by atoms with Crippen molar-refractivity contribution in [1.82, 2.24) is 4.90 Å². The molecule has 1 atom stereocenters. The van der Waals surface area contributed by atoms with E-state index in [1.165, 1.54) is 32.4 Å². The average Bonchev–Trinajstić information content (AvgIpc) is 2.39. The van der Waals surface area contributed by atoms with E-state index in [0.29, 0.717) is 13.0 Å². The Kier molecular flexibility index (Phi) is 6.80. The van der Waals surface area contributed by atoms with Gasteiger partial charge in [0.05, 0.1) is 6.61 Å². The van der Waals surface area contributed by atoms with Crippen LogP contribution in [0.4, 0.5) is 0 Å². The van der Waals surface area contributed by atoms with E-state index in [-0.39, 0.29) is 5.97 Å². The normalized spacial score (nSPS) is 21.1. The zero-order chi connectivity index (χ0) is 14.3. The van der Waals surface area contributed by atoms with Gasteiger partial charge in [-0.25, -0.2) is 0 Å². The topological polar surface area (TPSA) is 55.6 Å². The first kappa shape index (κ1) is 16.4. The number of ether oxygens (including phenoxy) is 1. The predicted octanol–water partition coefficient (Wildman–Crippen LogP) is 2.17. The summed E-state index contributed by atoms with van der Waals surface area (Å²) in [6, 6.07) is 0. The number of likely N-dealkylation sites (tertiary alicyclic amines) is 1. The third-order valence-corrected chi connectivity index (χ3v) is 4.20. The molecule has 0 spiro atoms. The van der Waals surface area contributed by atoms with E-state index in [1.807, 2.05) is 6.92 Å². The third-order valence-electron chi connectivity index (χ3n) is 4.20. The number of rotatable bonds is 7. The third kappa shape index (κ3) is 5.49. The predicted molar refractivity (Wildman–Crippen MR) is 77.9 cm³/mol. The molecule has 1 saturated heterocycles. The Bertz CT molecular complexity index is 271. The van der Waals surface area contributed by atoms with E-state index in [9.17, 15) is 4.79 Å². The summed E-state index contributed by atoms with van der Waals surface area (Å²) in [6.45, 7) is 9.69. The van der Waals surface area contributed by atoms with Gasteiger partial charge in [0.1, 0.15) is 5.54 Å². The van der Waals surface area contributed by atoms with Gasteiger partial charge in [0.15, 0.2) is 0 Å².